The average Bonchev–Trinajstić information content (AvgIpc) is 3.18. The summed E-state index contributed by atoms with van der Waals surface area (Å²) in [6.07, 6.45) is 2.33. The van der Waals surface area contributed by atoms with Crippen LogP contribution in [0.2, 0.25) is 0 Å². The molecule has 1 saturated heterocycles. The maximum atomic E-state index is 12.4. The highest BCUT2D eigenvalue weighted by Crippen LogP contribution is 2.40. The summed E-state index contributed by atoms with van der Waals surface area (Å²) in [7, 11) is -2.99. The number of amides is 1. The summed E-state index contributed by atoms with van der Waals surface area (Å²) in [6.45, 7) is 1.27. The molecule has 1 amide bonds. The lowest BCUT2D eigenvalue weighted by molar-refractivity contribution is -0.121. The molecule has 1 N–H and O–H groups in total. The molecule has 4 rings (SSSR count). The highest BCUT2D eigenvalue weighted by Gasteiger charge is 2.31. The maximum Gasteiger partial charge on any atom is 0.224 e. The van der Waals surface area contributed by atoms with Gasteiger partial charge in [0.05, 0.1) is 31.1 Å². The van der Waals surface area contributed by atoms with Crippen LogP contribution in [0.1, 0.15) is 23.1 Å². The number of carbonyl (C=O) groups excluding carboxylic acids is 1. The van der Waals surface area contributed by atoms with E-state index in [9.17, 15) is 13.2 Å². The Kier molecular flexibility index (Phi) is 3.48. The summed E-state index contributed by atoms with van der Waals surface area (Å²) < 4.78 is 34.4. The van der Waals surface area contributed by atoms with Gasteiger partial charge in [0.2, 0.25) is 5.91 Å². The first-order chi connectivity index (χ1) is 11.0. The molecule has 1 unspecified atom stereocenters. The zero-order valence-electron chi connectivity index (χ0n) is 12.8. The highest BCUT2D eigenvalue weighted by atomic mass is 32.2. The minimum atomic E-state index is -2.99. The molecule has 0 aliphatic carbocycles. The van der Waals surface area contributed by atoms with Crippen LogP contribution in [0, 0.1) is 0 Å². The summed E-state index contributed by atoms with van der Waals surface area (Å²) in [6, 6.07) is 1.75. The van der Waals surface area contributed by atoms with Gasteiger partial charge in [-0.15, -0.1) is 0 Å². The van der Waals surface area contributed by atoms with Crippen molar-refractivity contribution >= 4 is 15.7 Å². The first kappa shape index (κ1) is 14.8. The second-order valence-electron chi connectivity index (χ2n) is 6.36. The molecule has 7 heteroatoms. The van der Waals surface area contributed by atoms with Crippen molar-refractivity contribution in [3.8, 4) is 11.5 Å². The molecule has 0 spiro atoms. The standard InChI is InChI=1S/C16H19NO5S/c18-15(17-11-3-6-23(19,20)9-11)8-13-12-2-5-21-14(12)7-10-1-4-22-16(10)13/h7,11H,1-6,8-9H2,(H,17,18). The molecule has 3 aliphatic heterocycles. The van der Waals surface area contributed by atoms with Gasteiger partial charge in [0.1, 0.15) is 11.5 Å². The third-order valence-electron chi connectivity index (χ3n) is 4.70. The van der Waals surface area contributed by atoms with E-state index in [1.54, 1.807) is 0 Å². The Bertz CT molecular complexity index is 739. The minimum absolute atomic E-state index is 0.0450. The predicted molar refractivity (Wildman–Crippen MR) is 83.7 cm³/mol. The maximum absolute atomic E-state index is 12.4. The summed E-state index contributed by atoms with van der Waals surface area (Å²) >= 11 is 0. The number of nitrogens with one attached hydrogen (secondary N) is 1. The molecule has 1 aromatic carbocycles. The SMILES string of the molecule is O=C(Cc1c2c(cc3c1OCC3)OCC2)NC1CCS(=O)(=O)C1. The Labute approximate surface area is 135 Å². The van der Waals surface area contributed by atoms with Gasteiger partial charge in [0.15, 0.2) is 9.84 Å². The van der Waals surface area contributed by atoms with Crippen molar-refractivity contribution in [3.05, 3.63) is 22.8 Å². The summed E-state index contributed by atoms with van der Waals surface area (Å²) in [5.74, 6) is 1.74. The van der Waals surface area contributed by atoms with Crippen molar-refractivity contribution in [2.24, 2.45) is 0 Å². The van der Waals surface area contributed by atoms with Crippen molar-refractivity contribution in [3.63, 3.8) is 0 Å². The molecule has 6 nitrogen and oxygen atoms in total. The molecule has 1 fully saturated rings. The molecule has 3 heterocycles. The van der Waals surface area contributed by atoms with Crippen LogP contribution in [-0.4, -0.2) is 45.1 Å². The second-order valence-corrected chi connectivity index (χ2v) is 8.59. The fourth-order valence-electron chi connectivity index (χ4n) is 3.62. The fourth-order valence-corrected chi connectivity index (χ4v) is 5.29. The number of hydrogen-bond donors (Lipinski definition) is 1. The lowest BCUT2D eigenvalue weighted by atomic mass is 9.97. The van der Waals surface area contributed by atoms with Crippen LogP contribution in [0.15, 0.2) is 6.07 Å². The molecular weight excluding hydrogens is 318 g/mol. The van der Waals surface area contributed by atoms with E-state index in [0.717, 1.165) is 41.0 Å². The van der Waals surface area contributed by atoms with E-state index in [0.29, 0.717) is 19.6 Å². The van der Waals surface area contributed by atoms with E-state index >= 15 is 0 Å². The van der Waals surface area contributed by atoms with E-state index in [4.69, 9.17) is 9.47 Å². The van der Waals surface area contributed by atoms with Gasteiger partial charge in [-0.1, -0.05) is 0 Å². The molecule has 0 saturated carbocycles. The number of benzene rings is 1. The molecule has 0 radical (unpaired) electrons. The summed E-state index contributed by atoms with van der Waals surface area (Å²) in [4.78, 5) is 12.4. The monoisotopic (exact) mass is 337 g/mol. The molecular formula is C16H19NO5S. The number of sulfone groups is 1. The Morgan fingerprint density at radius 1 is 1.26 bits per heavy atom. The normalized spacial score (nSPS) is 23.7. The Hall–Kier alpha value is -1.76. The van der Waals surface area contributed by atoms with Gasteiger partial charge in [-0.05, 0) is 12.5 Å². The molecule has 0 bridgehead atoms. The first-order valence-corrected chi connectivity index (χ1v) is 9.77. The third kappa shape index (κ3) is 2.78. The van der Waals surface area contributed by atoms with E-state index in [-0.39, 0.29) is 29.9 Å². The lowest BCUT2D eigenvalue weighted by Gasteiger charge is -2.15. The number of carbonyl (C=O) groups is 1. The predicted octanol–water partition coefficient (Wildman–Crippen LogP) is 0.402. The Balaban J connectivity index is 1.54. The van der Waals surface area contributed by atoms with Gasteiger partial charge in [-0.2, -0.15) is 0 Å². The first-order valence-electron chi connectivity index (χ1n) is 7.95. The quantitative estimate of drug-likeness (QED) is 0.863. The van der Waals surface area contributed by atoms with Gasteiger partial charge < -0.3 is 14.8 Å². The van der Waals surface area contributed by atoms with E-state index in [2.05, 4.69) is 5.32 Å². The van der Waals surface area contributed by atoms with E-state index in [1.807, 2.05) is 6.07 Å². The van der Waals surface area contributed by atoms with E-state index in [1.165, 1.54) is 0 Å². The summed E-state index contributed by atoms with van der Waals surface area (Å²) in [5.41, 5.74) is 3.06. The Morgan fingerprint density at radius 2 is 2.09 bits per heavy atom. The number of rotatable bonds is 3. The average molecular weight is 337 g/mol. The molecule has 1 aromatic rings. The van der Waals surface area contributed by atoms with Gasteiger partial charge >= 0.3 is 0 Å². The number of fused-ring (bicyclic) bond motifs is 2. The highest BCUT2D eigenvalue weighted by molar-refractivity contribution is 7.91. The number of hydrogen-bond acceptors (Lipinski definition) is 5. The smallest absolute Gasteiger partial charge is 0.224 e. The lowest BCUT2D eigenvalue weighted by Crippen LogP contribution is -2.36. The largest absolute Gasteiger partial charge is 0.493 e. The van der Waals surface area contributed by atoms with Crippen molar-refractivity contribution in [2.45, 2.75) is 31.7 Å². The van der Waals surface area contributed by atoms with Gasteiger partial charge in [-0.25, -0.2) is 8.42 Å². The van der Waals surface area contributed by atoms with E-state index < -0.39 is 9.84 Å². The van der Waals surface area contributed by atoms with Crippen LogP contribution >= 0.6 is 0 Å². The molecule has 124 valence electrons. The van der Waals surface area contributed by atoms with Gasteiger partial charge in [0, 0.05) is 35.6 Å². The van der Waals surface area contributed by atoms with Crippen LogP contribution in [0.3, 0.4) is 0 Å². The second kappa shape index (κ2) is 5.40. The van der Waals surface area contributed by atoms with Gasteiger partial charge in [-0.3, -0.25) is 4.79 Å². The minimum Gasteiger partial charge on any atom is -0.493 e. The van der Waals surface area contributed by atoms with Crippen molar-refractivity contribution in [2.75, 3.05) is 24.7 Å². The molecule has 0 aromatic heterocycles. The third-order valence-corrected chi connectivity index (χ3v) is 6.46. The van der Waals surface area contributed by atoms with Crippen molar-refractivity contribution in [1.82, 2.24) is 5.32 Å². The van der Waals surface area contributed by atoms with Crippen LogP contribution < -0.4 is 14.8 Å². The van der Waals surface area contributed by atoms with Gasteiger partial charge in [0.25, 0.3) is 0 Å². The fraction of sp³-hybridized carbons (Fsp3) is 0.562. The zero-order valence-corrected chi connectivity index (χ0v) is 13.6. The number of ether oxygens (including phenoxy) is 2. The van der Waals surface area contributed by atoms with Crippen LogP contribution in [0.4, 0.5) is 0 Å². The topological polar surface area (TPSA) is 81.7 Å². The van der Waals surface area contributed by atoms with Crippen molar-refractivity contribution < 1.29 is 22.7 Å². The van der Waals surface area contributed by atoms with Crippen LogP contribution in [0.25, 0.3) is 0 Å². The molecule has 3 aliphatic rings. The van der Waals surface area contributed by atoms with Crippen molar-refractivity contribution in [1.29, 1.82) is 0 Å². The van der Waals surface area contributed by atoms with Crippen LogP contribution in [0.5, 0.6) is 11.5 Å². The van der Waals surface area contributed by atoms with Crippen LogP contribution in [-0.2, 0) is 33.9 Å². The summed E-state index contributed by atoms with van der Waals surface area (Å²) in [5, 5.41) is 2.85. The molecule has 23 heavy (non-hydrogen) atoms. The zero-order chi connectivity index (χ0) is 16.0. The Morgan fingerprint density at radius 3 is 2.87 bits per heavy atom. The molecule has 1 atom stereocenters.